The first-order valence-electron chi connectivity index (χ1n) is 9.01. The van der Waals surface area contributed by atoms with Crippen molar-refractivity contribution in [1.29, 1.82) is 0 Å². The molecule has 2 aromatic rings. The fourth-order valence-electron chi connectivity index (χ4n) is 2.69. The van der Waals surface area contributed by atoms with Gasteiger partial charge in [0.25, 0.3) is 5.91 Å². The second-order valence-electron chi connectivity index (χ2n) is 6.45. The van der Waals surface area contributed by atoms with Crippen LogP contribution in [0.4, 0.5) is 5.69 Å². The van der Waals surface area contributed by atoms with Crippen LogP contribution in [0.2, 0.25) is 0 Å². The quantitative estimate of drug-likeness (QED) is 0.789. The van der Waals surface area contributed by atoms with Gasteiger partial charge in [0.1, 0.15) is 6.61 Å². The van der Waals surface area contributed by atoms with Crippen LogP contribution in [-0.4, -0.2) is 31.2 Å². The van der Waals surface area contributed by atoms with Crippen LogP contribution in [0.1, 0.15) is 31.7 Å². The average Bonchev–Trinajstić information content (AvgIpc) is 2.71. The SMILES string of the molecule is CC[C@H](C)c1ccc(NC(=O)COC(=O)[C@H]2COc3ccccc3O2)cc1. The molecule has 0 spiro atoms. The van der Waals surface area contributed by atoms with Crippen LogP contribution in [0.15, 0.2) is 48.5 Å². The van der Waals surface area contributed by atoms with Gasteiger partial charge in [-0.05, 0) is 42.2 Å². The molecule has 1 heterocycles. The Hall–Kier alpha value is -3.02. The van der Waals surface area contributed by atoms with Gasteiger partial charge in [0.2, 0.25) is 6.10 Å². The van der Waals surface area contributed by atoms with E-state index in [-0.39, 0.29) is 13.2 Å². The fraction of sp³-hybridized carbons (Fsp3) is 0.333. The Kier molecular flexibility index (Phi) is 5.96. The van der Waals surface area contributed by atoms with Gasteiger partial charge in [-0.15, -0.1) is 0 Å². The second kappa shape index (κ2) is 8.58. The molecule has 1 amide bonds. The molecule has 2 atom stereocenters. The van der Waals surface area contributed by atoms with E-state index in [4.69, 9.17) is 14.2 Å². The molecule has 0 saturated heterocycles. The summed E-state index contributed by atoms with van der Waals surface area (Å²) in [5, 5.41) is 2.71. The highest BCUT2D eigenvalue weighted by atomic mass is 16.6. The summed E-state index contributed by atoms with van der Waals surface area (Å²) in [5.74, 6) is 0.499. The standard InChI is InChI=1S/C21H23NO5/c1-3-14(2)15-8-10-16(11-9-15)22-20(23)13-26-21(24)19-12-25-17-6-4-5-7-18(17)27-19/h4-11,14,19H,3,12-13H2,1-2H3,(H,22,23)/t14-,19+/m0/s1. The van der Waals surface area contributed by atoms with Crippen molar-refractivity contribution in [3.8, 4) is 11.5 Å². The molecule has 0 bridgehead atoms. The lowest BCUT2D eigenvalue weighted by molar-refractivity contribution is -0.156. The van der Waals surface area contributed by atoms with Crippen LogP contribution in [0.25, 0.3) is 0 Å². The van der Waals surface area contributed by atoms with E-state index in [0.717, 1.165) is 6.42 Å². The summed E-state index contributed by atoms with van der Waals surface area (Å²) in [6.07, 6.45) is 0.168. The van der Waals surface area contributed by atoms with Gasteiger partial charge < -0.3 is 19.5 Å². The number of fused-ring (bicyclic) bond motifs is 1. The van der Waals surface area contributed by atoms with Gasteiger partial charge in [0.15, 0.2) is 18.1 Å². The van der Waals surface area contributed by atoms with E-state index in [1.807, 2.05) is 30.3 Å². The number of esters is 1. The third-order valence-electron chi connectivity index (χ3n) is 4.49. The number of carbonyl (C=O) groups excluding carboxylic acids is 2. The predicted octanol–water partition coefficient (Wildman–Crippen LogP) is 3.52. The zero-order chi connectivity index (χ0) is 19.2. The van der Waals surface area contributed by atoms with Crippen molar-refractivity contribution < 1.29 is 23.8 Å². The Labute approximate surface area is 158 Å². The van der Waals surface area contributed by atoms with Crippen molar-refractivity contribution in [2.45, 2.75) is 32.3 Å². The van der Waals surface area contributed by atoms with Crippen LogP contribution in [-0.2, 0) is 14.3 Å². The van der Waals surface area contributed by atoms with Gasteiger partial charge >= 0.3 is 5.97 Å². The average molecular weight is 369 g/mol. The number of nitrogens with one attached hydrogen (secondary N) is 1. The smallest absolute Gasteiger partial charge is 0.351 e. The van der Waals surface area contributed by atoms with Gasteiger partial charge in [-0.2, -0.15) is 0 Å². The molecule has 6 heteroatoms. The van der Waals surface area contributed by atoms with E-state index in [0.29, 0.717) is 23.1 Å². The van der Waals surface area contributed by atoms with Gasteiger partial charge in [-0.3, -0.25) is 4.79 Å². The molecule has 1 N–H and O–H groups in total. The van der Waals surface area contributed by atoms with Crippen molar-refractivity contribution in [3.05, 3.63) is 54.1 Å². The normalized spacial score (nSPS) is 16.3. The summed E-state index contributed by atoms with van der Waals surface area (Å²) in [5.41, 5.74) is 1.88. The number of hydrogen-bond acceptors (Lipinski definition) is 5. The summed E-state index contributed by atoms with van der Waals surface area (Å²) < 4.78 is 16.1. The van der Waals surface area contributed by atoms with Crippen LogP contribution < -0.4 is 14.8 Å². The van der Waals surface area contributed by atoms with Gasteiger partial charge in [0.05, 0.1) is 0 Å². The number of benzene rings is 2. The monoisotopic (exact) mass is 369 g/mol. The summed E-state index contributed by atoms with van der Waals surface area (Å²) >= 11 is 0. The first kappa shape index (κ1) is 18.8. The molecule has 0 fully saturated rings. The lowest BCUT2D eigenvalue weighted by Gasteiger charge is -2.24. The Bertz CT molecular complexity index is 802. The summed E-state index contributed by atoms with van der Waals surface area (Å²) in [4.78, 5) is 24.1. The number of rotatable bonds is 6. The van der Waals surface area contributed by atoms with Crippen LogP contribution in [0.3, 0.4) is 0 Å². The third kappa shape index (κ3) is 4.78. The van der Waals surface area contributed by atoms with Crippen LogP contribution >= 0.6 is 0 Å². The highest BCUT2D eigenvalue weighted by Crippen LogP contribution is 2.31. The minimum absolute atomic E-state index is 0.0501. The maximum Gasteiger partial charge on any atom is 0.351 e. The largest absolute Gasteiger partial charge is 0.485 e. The van der Waals surface area contributed by atoms with Crippen molar-refractivity contribution in [2.24, 2.45) is 0 Å². The molecule has 6 nitrogen and oxygen atoms in total. The Morgan fingerprint density at radius 1 is 1.15 bits per heavy atom. The molecule has 27 heavy (non-hydrogen) atoms. The number of para-hydroxylation sites is 2. The molecular weight excluding hydrogens is 346 g/mol. The van der Waals surface area contributed by atoms with E-state index in [9.17, 15) is 9.59 Å². The zero-order valence-corrected chi connectivity index (χ0v) is 15.4. The van der Waals surface area contributed by atoms with Crippen LogP contribution in [0, 0.1) is 0 Å². The third-order valence-corrected chi connectivity index (χ3v) is 4.49. The number of anilines is 1. The van der Waals surface area contributed by atoms with Crippen LogP contribution in [0.5, 0.6) is 11.5 Å². The number of carbonyl (C=O) groups is 2. The van der Waals surface area contributed by atoms with Crippen molar-refractivity contribution >= 4 is 17.6 Å². The number of amides is 1. The maximum absolute atomic E-state index is 12.1. The molecule has 0 unspecified atom stereocenters. The number of ether oxygens (including phenoxy) is 3. The highest BCUT2D eigenvalue weighted by Gasteiger charge is 2.29. The lowest BCUT2D eigenvalue weighted by atomic mass is 9.99. The minimum Gasteiger partial charge on any atom is -0.485 e. The molecule has 142 valence electrons. The molecule has 0 aromatic heterocycles. The molecule has 1 aliphatic rings. The summed E-state index contributed by atoms with van der Waals surface area (Å²) in [6.45, 7) is 3.96. The lowest BCUT2D eigenvalue weighted by Crippen LogP contribution is -2.39. The second-order valence-corrected chi connectivity index (χ2v) is 6.45. The highest BCUT2D eigenvalue weighted by molar-refractivity contribution is 5.93. The van der Waals surface area contributed by atoms with Crippen molar-refractivity contribution in [2.75, 3.05) is 18.5 Å². The fourth-order valence-corrected chi connectivity index (χ4v) is 2.69. The zero-order valence-electron chi connectivity index (χ0n) is 15.4. The van der Waals surface area contributed by atoms with E-state index in [1.54, 1.807) is 18.2 Å². The molecule has 2 aromatic carbocycles. The summed E-state index contributed by atoms with van der Waals surface area (Å²) in [6, 6.07) is 14.7. The topological polar surface area (TPSA) is 73.9 Å². The van der Waals surface area contributed by atoms with E-state index in [2.05, 4.69) is 19.2 Å². The maximum atomic E-state index is 12.1. The molecule has 0 saturated carbocycles. The van der Waals surface area contributed by atoms with Crippen molar-refractivity contribution in [3.63, 3.8) is 0 Å². The van der Waals surface area contributed by atoms with Gasteiger partial charge in [-0.25, -0.2) is 4.79 Å². The van der Waals surface area contributed by atoms with E-state index in [1.165, 1.54) is 5.56 Å². The Balaban J connectivity index is 1.47. The molecule has 0 aliphatic carbocycles. The first-order valence-corrected chi connectivity index (χ1v) is 9.01. The number of hydrogen-bond donors (Lipinski definition) is 1. The summed E-state index contributed by atoms with van der Waals surface area (Å²) in [7, 11) is 0. The molecule has 3 rings (SSSR count). The van der Waals surface area contributed by atoms with Crippen molar-refractivity contribution in [1.82, 2.24) is 0 Å². The minimum atomic E-state index is -0.887. The predicted molar refractivity (Wildman–Crippen MR) is 101 cm³/mol. The van der Waals surface area contributed by atoms with E-state index >= 15 is 0 Å². The van der Waals surface area contributed by atoms with Gasteiger partial charge in [0, 0.05) is 5.69 Å². The first-order chi connectivity index (χ1) is 13.1. The Morgan fingerprint density at radius 3 is 2.56 bits per heavy atom. The van der Waals surface area contributed by atoms with E-state index < -0.39 is 18.0 Å². The Morgan fingerprint density at radius 2 is 1.85 bits per heavy atom. The molecule has 0 radical (unpaired) electrons. The molecule has 1 aliphatic heterocycles. The van der Waals surface area contributed by atoms with Gasteiger partial charge in [-0.1, -0.05) is 38.1 Å². The molecular formula is C21H23NO5.